The lowest BCUT2D eigenvalue weighted by atomic mass is 10.2. The van der Waals surface area contributed by atoms with Crippen molar-refractivity contribution in [3.05, 3.63) is 69.4 Å². The topological polar surface area (TPSA) is 81.4 Å². The van der Waals surface area contributed by atoms with Crippen molar-refractivity contribution in [3.8, 4) is 5.75 Å². The quantitative estimate of drug-likeness (QED) is 0.601. The number of ether oxygens (including phenoxy) is 1. The second kappa shape index (κ2) is 8.96. The van der Waals surface area contributed by atoms with E-state index in [-0.39, 0.29) is 5.56 Å². The standard InChI is InChI=1S/C22H26N4O3/c27-21-19-9-8-18(16-20(19)23-22(28)24-21)29-15-5-4-10-25-11-13-26(14-12-25)17-6-2-1-3-7-17/h1-3,6-9,16H,4-5,10-15H2,(H2,23,24,27,28). The molecule has 0 unspecified atom stereocenters. The maximum Gasteiger partial charge on any atom is 0.326 e. The SMILES string of the molecule is O=c1[nH]c(=O)c2ccc(OCCCCN3CCN(c4ccccc4)CC3)cc2[nH]1. The van der Waals surface area contributed by atoms with Crippen LogP contribution in [-0.4, -0.2) is 54.2 Å². The summed E-state index contributed by atoms with van der Waals surface area (Å²) in [6, 6.07) is 15.7. The number of benzene rings is 2. The van der Waals surface area contributed by atoms with Gasteiger partial charge in [-0.05, 0) is 43.7 Å². The molecule has 2 N–H and O–H groups in total. The average Bonchev–Trinajstić information content (AvgIpc) is 2.74. The molecule has 2 aromatic carbocycles. The minimum atomic E-state index is -0.507. The van der Waals surface area contributed by atoms with Gasteiger partial charge in [-0.3, -0.25) is 14.7 Å². The largest absolute Gasteiger partial charge is 0.494 e. The molecule has 7 nitrogen and oxygen atoms in total. The highest BCUT2D eigenvalue weighted by Gasteiger charge is 2.16. The van der Waals surface area contributed by atoms with E-state index in [2.05, 4.69) is 50.1 Å². The van der Waals surface area contributed by atoms with Gasteiger partial charge in [0.15, 0.2) is 0 Å². The molecular weight excluding hydrogens is 368 g/mol. The van der Waals surface area contributed by atoms with E-state index >= 15 is 0 Å². The number of nitrogens with zero attached hydrogens (tertiary/aromatic N) is 2. The summed E-state index contributed by atoms with van der Waals surface area (Å²) in [5, 5.41) is 0.451. The third-order valence-corrected chi connectivity index (χ3v) is 5.34. The van der Waals surface area contributed by atoms with Crippen molar-refractivity contribution in [1.29, 1.82) is 0 Å². The van der Waals surface area contributed by atoms with Gasteiger partial charge in [-0.2, -0.15) is 0 Å². The first-order chi connectivity index (χ1) is 14.2. The fourth-order valence-corrected chi connectivity index (χ4v) is 3.73. The highest BCUT2D eigenvalue weighted by molar-refractivity contribution is 5.78. The molecule has 152 valence electrons. The lowest BCUT2D eigenvalue weighted by molar-refractivity contribution is 0.238. The minimum absolute atomic E-state index is 0.386. The second-order valence-electron chi connectivity index (χ2n) is 7.34. The zero-order chi connectivity index (χ0) is 20.1. The lowest BCUT2D eigenvalue weighted by Gasteiger charge is -2.36. The fourth-order valence-electron chi connectivity index (χ4n) is 3.73. The summed E-state index contributed by atoms with van der Waals surface area (Å²) in [5.74, 6) is 0.662. The van der Waals surface area contributed by atoms with Crippen LogP contribution >= 0.6 is 0 Å². The van der Waals surface area contributed by atoms with Crippen LogP contribution in [0.3, 0.4) is 0 Å². The molecule has 0 atom stereocenters. The van der Waals surface area contributed by atoms with Crippen LogP contribution < -0.4 is 20.9 Å². The van der Waals surface area contributed by atoms with E-state index in [0.717, 1.165) is 45.6 Å². The third-order valence-electron chi connectivity index (χ3n) is 5.34. The van der Waals surface area contributed by atoms with Gasteiger partial charge in [0.25, 0.3) is 5.56 Å². The van der Waals surface area contributed by atoms with Gasteiger partial charge in [0.05, 0.1) is 17.5 Å². The number of rotatable bonds is 7. The van der Waals surface area contributed by atoms with Crippen molar-refractivity contribution < 1.29 is 4.74 Å². The third kappa shape index (κ3) is 4.86. The molecule has 0 saturated carbocycles. The molecular formula is C22H26N4O3. The van der Waals surface area contributed by atoms with Crippen molar-refractivity contribution >= 4 is 16.6 Å². The number of hydrogen-bond acceptors (Lipinski definition) is 5. The van der Waals surface area contributed by atoms with Gasteiger partial charge in [-0.1, -0.05) is 18.2 Å². The van der Waals surface area contributed by atoms with Crippen LogP contribution in [0.4, 0.5) is 5.69 Å². The monoisotopic (exact) mass is 394 g/mol. The minimum Gasteiger partial charge on any atom is -0.494 e. The van der Waals surface area contributed by atoms with Crippen LogP contribution in [0, 0.1) is 0 Å². The van der Waals surface area contributed by atoms with E-state index in [1.807, 2.05) is 0 Å². The van der Waals surface area contributed by atoms with Crippen LogP contribution in [0.25, 0.3) is 10.9 Å². The van der Waals surface area contributed by atoms with E-state index < -0.39 is 5.69 Å². The molecule has 4 rings (SSSR count). The molecule has 0 spiro atoms. The first-order valence-corrected chi connectivity index (χ1v) is 10.1. The van der Waals surface area contributed by atoms with E-state index in [4.69, 9.17) is 4.74 Å². The number of fused-ring (bicyclic) bond motifs is 1. The van der Waals surface area contributed by atoms with Crippen molar-refractivity contribution in [3.63, 3.8) is 0 Å². The Hall–Kier alpha value is -3.06. The summed E-state index contributed by atoms with van der Waals surface area (Å²) in [6.45, 7) is 5.99. The predicted molar refractivity (Wildman–Crippen MR) is 115 cm³/mol. The molecule has 29 heavy (non-hydrogen) atoms. The number of H-pyrrole nitrogens is 2. The van der Waals surface area contributed by atoms with Crippen LogP contribution in [0.1, 0.15) is 12.8 Å². The van der Waals surface area contributed by atoms with Crippen molar-refractivity contribution in [2.45, 2.75) is 12.8 Å². The Kier molecular flexibility index (Phi) is 5.95. The molecule has 1 saturated heterocycles. The molecule has 1 aromatic heterocycles. The van der Waals surface area contributed by atoms with Gasteiger partial charge in [0, 0.05) is 37.9 Å². The lowest BCUT2D eigenvalue weighted by Crippen LogP contribution is -2.46. The number of hydrogen-bond donors (Lipinski definition) is 2. The number of anilines is 1. The first-order valence-electron chi connectivity index (χ1n) is 10.1. The maximum atomic E-state index is 11.7. The van der Waals surface area contributed by atoms with Gasteiger partial charge < -0.3 is 14.6 Å². The molecule has 1 aliphatic heterocycles. The van der Waals surface area contributed by atoms with Crippen molar-refractivity contribution in [2.75, 3.05) is 44.2 Å². The van der Waals surface area contributed by atoms with Crippen LogP contribution in [-0.2, 0) is 0 Å². The van der Waals surface area contributed by atoms with Crippen molar-refractivity contribution in [1.82, 2.24) is 14.9 Å². The van der Waals surface area contributed by atoms with Gasteiger partial charge in [-0.25, -0.2) is 4.79 Å². The maximum absolute atomic E-state index is 11.7. The number of piperazine rings is 1. The molecule has 0 aliphatic carbocycles. The first kappa shape index (κ1) is 19.3. The molecule has 7 heteroatoms. The normalized spacial score (nSPS) is 15.0. The Labute approximate surface area is 168 Å². The Bertz CT molecular complexity index is 1050. The van der Waals surface area contributed by atoms with Crippen LogP contribution in [0.15, 0.2) is 58.1 Å². The van der Waals surface area contributed by atoms with Crippen LogP contribution in [0.2, 0.25) is 0 Å². The van der Waals surface area contributed by atoms with Gasteiger partial charge in [0.2, 0.25) is 0 Å². The molecule has 1 fully saturated rings. The summed E-state index contributed by atoms with van der Waals surface area (Å²) >= 11 is 0. The smallest absolute Gasteiger partial charge is 0.326 e. The Morgan fingerprint density at radius 3 is 2.48 bits per heavy atom. The number of nitrogens with one attached hydrogen (secondary N) is 2. The predicted octanol–water partition coefficient (Wildman–Crippen LogP) is 2.20. The van der Waals surface area contributed by atoms with Gasteiger partial charge in [0.1, 0.15) is 5.75 Å². The molecule has 0 radical (unpaired) electrons. The van der Waals surface area contributed by atoms with Crippen LogP contribution in [0.5, 0.6) is 5.75 Å². The Morgan fingerprint density at radius 1 is 0.897 bits per heavy atom. The zero-order valence-corrected chi connectivity index (χ0v) is 16.4. The summed E-state index contributed by atoms with van der Waals surface area (Å²) in [4.78, 5) is 32.9. The summed E-state index contributed by atoms with van der Waals surface area (Å²) in [7, 11) is 0. The Balaban J connectivity index is 1.18. The highest BCUT2D eigenvalue weighted by Crippen LogP contribution is 2.17. The van der Waals surface area contributed by atoms with Gasteiger partial charge >= 0.3 is 5.69 Å². The second-order valence-corrected chi connectivity index (χ2v) is 7.34. The van der Waals surface area contributed by atoms with E-state index in [1.165, 1.54) is 5.69 Å². The number of aromatic amines is 2. The summed E-state index contributed by atoms with van der Waals surface area (Å²) < 4.78 is 5.80. The molecule has 2 heterocycles. The number of aromatic nitrogens is 2. The van der Waals surface area contributed by atoms with E-state index in [9.17, 15) is 9.59 Å². The highest BCUT2D eigenvalue weighted by atomic mass is 16.5. The molecule has 1 aliphatic rings. The average molecular weight is 394 g/mol. The van der Waals surface area contributed by atoms with Gasteiger partial charge in [-0.15, -0.1) is 0 Å². The Morgan fingerprint density at radius 2 is 1.69 bits per heavy atom. The number of unbranched alkanes of at least 4 members (excludes halogenated alkanes) is 1. The van der Waals surface area contributed by atoms with E-state index in [0.29, 0.717) is 23.3 Å². The zero-order valence-electron chi connectivity index (χ0n) is 16.4. The summed E-state index contributed by atoms with van der Waals surface area (Å²) in [6.07, 6.45) is 2.04. The molecule has 0 amide bonds. The van der Waals surface area contributed by atoms with Crippen molar-refractivity contribution in [2.24, 2.45) is 0 Å². The number of para-hydroxylation sites is 1. The molecule has 3 aromatic rings. The fraction of sp³-hybridized carbons (Fsp3) is 0.364. The molecule has 0 bridgehead atoms. The van der Waals surface area contributed by atoms with E-state index in [1.54, 1.807) is 18.2 Å². The summed E-state index contributed by atoms with van der Waals surface area (Å²) in [5.41, 5.74) is 0.904.